The van der Waals surface area contributed by atoms with Crippen LogP contribution < -0.4 is 0 Å². The van der Waals surface area contributed by atoms with E-state index < -0.39 is 17.5 Å². The van der Waals surface area contributed by atoms with Gasteiger partial charge in [-0.3, -0.25) is 4.90 Å². The van der Waals surface area contributed by atoms with Gasteiger partial charge >= 0.3 is 0 Å². The quantitative estimate of drug-likeness (QED) is 0.813. The van der Waals surface area contributed by atoms with Gasteiger partial charge in [-0.05, 0) is 25.0 Å². The van der Waals surface area contributed by atoms with Crippen LogP contribution in [0.5, 0.6) is 0 Å². The zero-order valence-corrected chi connectivity index (χ0v) is 12.5. The summed E-state index contributed by atoms with van der Waals surface area (Å²) in [6, 6.07) is 1.78. The smallest absolute Gasteiger partial charge is 0.166 e. The molecule has 1 aromatic carbocycles. The van der Waals surface area contributed by atoms with Crippen molar-refractivity contribution in [2.75, 3.05) is 6.54 Å². The van der Waals surface area contributed by atoms with Gasteiger partial charge in [-0.25, -0.2) is 23.1 Å². The predicted molar refractivity (Wildman–Crippen MR) is 78.1 cm³/mol. The number of nitrogens with zero attached hydrogens (tertiary/aromatic N) is 3. The van der Waals surface area contributed by atoms with Crippen LogP contribution >= 0.6 is 0 Å². The van der Waals surface area contributed by atoms with E-state index in [1.54, 1.807) is 0 Å². The first-order chi connectivity index (χ1) is 11.1. The molecule has 0 bridgehead atoms. The summed E-state index contributed by atoms with van der Waals surface area (Å²) in [6.45, 7) is 1.21. The molecule has 1 aromatic heterocycles. The summed E-state index contributed by atoms with van der Waals surface area (Å²) in [7, 11) is 0. The fourth-order valence-electron chi connectivity index (χ4n) is 3.00. The Balaban J connectivity index is 1.53. The maximum Gasteiger partial charge on any atom is 0.166 e. The fraction of sp³-hybridized carbons (Fsp3) is 0.412. The van der Waals surface area contributed by atoms with Gasteiger partial charge in [0, 0.05) is 55.0 Å². The van der Waals surface area contributed by atoms with Crippen LogP contribution in [0.2, 0.25) is 0 Å². The lowest BCUT2D eigenvalue weighted by Crippen LogP contribution is -2.31. The molecule has 1 saturated carbocycles. The standard InChI is InChI=1S/C17H16F3N3/c18-13-3-4-14(19)16(20)12(13)9-23-6-5-15-11(8-23)7-21-17(22-15)10-1-2-10/h3-4,7,10H,1-2,5-6,8-9H2. The van der Waals surface area contributed by atoms with E-state index in [9.17, 15) is 13.2 Å². The molecule has 2 heterocycles. The van der Waals surface area contributed by atoms with E-state index in [4.69, 9.17) is 0 Å². The van der Waals surface area contributed by atoms with Gasteiger partial charge in [-0.15, -0.1) is 0 Å². The molecule has 0 radical (unpaired) electrons. The lowest BCUT2D eigenvalue weighted by Gasteiger charge is -2.28. The third-order valence-corrected chi connectivity index (χ3v) is 4.49. The highest BCUT2D eigenvalue weighted by Gasteiger charge is 2.28. The molecule has 1 fully saturated rings. The molecular weight excluding hydrogens is 303 g/mol. The van der Waals surface area contributed by atoms with Gasteiger partial charge in [-0.1, -0.05) is 0 Å². The highest BCUT2D eigenvalue weighted by Crippen LogP contribution is 2.38. The van der Waals surface area contributed by atoms with Crippen molar-refractivity contribution < 1.29 is 13.2 Å². The normalized spacial score (nSPS) is 18.0. The molecule has 2 aromatic rings. The molecule has 4 rings (SSSR count). The van der Waals surface area contributed by atoms with Gasteiger partial charge in [-0.2, -0.15) is 0 Å². The van der Waals surface area contributed by atoms with E-state index in [2.05, 4.69) is 9.97 Å². The number of aromatic nitrogens is 2. The molecule has 3 nitrogen and oxygen atoms in total. The van der Waals surface area contributed by atoms with Gasteiger partial charge in [0.1, 0.15) is 11.6 Å². The maximum absolute atomic E-state index is 13.8. The van der Waals surface area contributed by atoms with Crippen LogP contribution in [0.15, 0.2) is 18.3 Å². The van der Waals surface area contributed by atoms with Crippen LogP contribution in [0.3, 0.4) is 0 Å². The molecule has 6 heteroatoms. The summed E-state index contributed by atoms with van der Waals surface area (Å²) >= 11 is 0. The fourth-order valence-corrected chi connectivity index (χ4v) is 3.00. The molecule has 1 aliphatic heterocycles. The molecule has 23 heavy (non-hydrogen) atoms. The first-order valence-electron chi connectivity index (χ1n) is 7.81. The summed E-state index contributed by atoms with van der Waals surface area (Å²) in [6.07, 6.45) is 4.85. The molecule has 0 amide bonds. The summed E-state index contributed by atoms with van der Waals surface area (Å²) in [5, 5.41) is 0. The minimum atomic E-state index is -1.10. The Morgan fingerprint density at radius 1 is 1.13 bits per heavy atom. The van der Waals surface area contributed by atoms with Crippen molar-refractivity contribution in [2.24, 2.45) is 0 Å². The number of rotatable bonds is 3. The average Bonchev–Trinajstić information content (AvgIpc) is 3.39. The van der Waals surface area contributed by atoms with E-state index in [-0.39, 0.29) is 12.1 Å². The molecule has 0 unspecified atom stereocenters. The van der Waals surface area contributed by atoms with E-state index in [1.807, 2.05) is 11.1 Å². The second kappa shape index (κ2) is 5.60. The Morgan fingerprint density at radius 2 is 1.91 bits per heavy atom. The maximum atomic E-state index is 13.8. The van der Waals surface area contributed by atoms with Gasteiger partial charge in [0.05, 0.1) is 0 Å². The highest BCUT2D eigenvalue weighted by atomic mass is 19.2. The Labute approximate surface area is 132 Å². The Bertz CT molecular complexity index is 759. The van der Waals surface area contributed by atoms with Crippen molar-refractivity contribution in [2.45, 2.75) is 38.3 Å². The number of fused-ring (bicyclic) bond motifs is 1. The Kier molecular flexibility index (Phi) is 3.56. The van der Waals surface area contributed by atoms with Crippen LogP contribution in [0, 0.1) is 17.5 Å². The number of hydrogen-bond acceptors (Lipinski definition) is 3. The zero-order chi connectivity index (χ0) is 16.0. The molecule has 1 aliphatic carbocycles. The molecule has 0 spiro atoms. The molecule has 0 atom stereocenters. The van der Waals surface area contributed by atoms with Crippen molar-refractivity contribution in [3.8, 4) is 0 Å². The van der Waals surface area contributed by atoms with Crippen LogP contribution in [-0.2, 0) is 19.5 Å². The largest absolute Gasteiger partial charge is 0.294 e. The first kappa shape index (κ1) is 14.6. The topological polar surface area (TPSA) is 29.0 Å². The Hall–Kier alpha value is -1.95. The van der Waals surface area contributed by atoms with Crippen LogP contribution in [-0.4, -0.2) is 21.4 Å². The van der Waals surface area contributed by atoms with Gasteiger partial charge in [0.25, 0.3) is 0 Å². The molecule has 0 N–H and O–H groups in total. The molecular formula is C17H16F3N3. The third kappa shape index (κ3) is 2.83. The minimum absolute atomic E-state index is 0.0409. The SMILES string of the molecule is Fc1ccc(F)c(CN2CCc3nc(C4CC4)ncc3C2)c1F. The summed E-state index contributed by atoms with van der Waals surface area (Å²) in [5.41, 5.74) is 1.79. The zero-order valence-electron chi connectivity index (χ0n) is 12.5. The van der Waals surface area contributed by atoms with Crippen molar-refractivity contribution in [1.82, 2.24) is 14.9 Å². The van der Waals surface area contributed by atoms with Crippen LogP contribution in [0.4, 0.5) is 13.2 Å². The highest BCUT2D eigenvalue weighted by molar-refractivity contribution is 5.25. The van der Waals surface area contributed by atoms with Crippen molar-refractivity contribution in [3.63, 3.8) is 0 Å². The number of halogens is 3. The van der Waals surface area contributed by atoms with Gasteiger partial charge in [0.15, 0.2) is 11.6 Å². The summed E-state index contributed by atoms with van der Waals surface area (Å²) < 4.78 is 40.9. The first-order valence-corrected chi connectivity index (χ1v) is 7.81. The van der Waals surface area contributed by atoms with Crippen LogP contribution in [0.1, 0.15) is 41.4 Å². The lowest BCUT2D eigenvalue weighted by atomic mass is 10.1. The predicted octanol–water partition coefficient (Wildman–Crippen LogP) is 3.33. The second-order valence-electron chi connectivity index (χ2n) is 6.26. The van der Waals surface area contributed by atoms with E-state index in [0.29, 0.717) is 19.0 Å². The van der Waals surface area contributed by atoms with E-state index >= 15 is 0 Å². The van der Waals surface area contributed by atoms with E-state index in [1.165, 1.54) is 0 Å². The summed E-state index contributed by atoms with van der Waals surface area (Å²) in [4.78, 5) is 10.9. The van der Waals surface area contributed by atoms with Crippen LogP contribution in [0.25, 0.3) is 0 Å². The molecule has 120 valence electrons. The van der Waals surface area contributed by atoms with Crippen molar-refractivity contribution >= 4 is 0 Å². The van der Waals surface area contributed by atoms with Crippen molar-refractivity contribution in [3.05, 3.63) is 58.4 Å². The molecule has 2 aliphatic rings. The molecule has 0 saturated heterocycles. The number of hydrogen-bond donors (Lipinski definition) is 0. The summed E-state index contributed by atoms with van der Waals surface area (Å²) in [5.74, 6) is -1.41. The van der Waals surface area contributed by atoms with Crippen molar-refractivity contribution in [1.29, 1.82) is 0 Å². The Morgan fingerprint density at radius 3 is 2.70 bits per heavy atom. The number of benzene rings is 1. The third-order valence-electron chi connectivity index (χ3n) is 4.49. The van der Waals surface area contributed by atoms with Gasteiger partial charge in [0.2, 0.25) is 0 Å². The minimum Gasteiger partial charge on any atom is -0.294 e. The lowest BCUT2D eigenvalue weighted by molar-refractivity contribution is 0.234. The second-order valence-corrected chi connectivity index (χ2v) is 6.26. The van der Waals surface area contributed by atoms with Gasteiger partial charge < -0.3 is 0 Å². The van der Waals surface area contributed by atoms with E-state index in [0.717, 1.165) is 48.5 Å². The monoisotopic (exact) mass is 319 g/mol. The average molecular weight is 319 g/mol.